The average Bonchev–Trinajstić information content (AvgIpc) is 2.77. The molecular weight excluding hydrogens is 412 g/mol. The molecular formula is C24H30N2O4S. The van der Waals surface area contributed by atoms with Gasteiger partial charge in [0, 0.05) is 12.1 Å². The Morgan fingerprint density at radius 1 is 1.06 bits per heavy atom. The molecule has 1 aliphatic carbocycles. The van der Waals surface area contributed by atoms with Crippen molar-refractivity contribution in [2.45, 2.75) is 39.2 Å². The number of allylic oxidation sites excluding steroid dienone is 1. The molecule has 0 unspecified atom stereocenters. The van der Waals surface area contributed by atoms with Gasteiger partial charge in [0.1, 0.15) is 5.75 Å². The molecule has 166 valence electrons. The van der Waals surface area contributed by atoms with Crippen LogP contribution in [0.2, 0.25) is 0 Å². The first-order valence-corrected chi connectivity index (χ1v) is 12.5. The predicted molar refractivity (Wildman–Crippen MR) is 124 cm³/mol. The fourth-order valence-corrected chi connectivity index (χ4v) is 4.45. The van der Waals surface area contributed by atoms with Crippen LogP contribution >= 0.6 is 0 Å². The molecule has 0 radical (unpaired) electrons. The Bertz CT molecular complexity index is 1010. The van der Waals surface area contributed by atoms with Crippen LogP contribution in [0.3, 0.4) is 0 Å². The number of carbonyl (C=O) groups is 1. The van der Waals surface area contributed by atoms with Gasteiger partial charge in [-0.1, -0.05) is 23.8 Å². The van der Waals surface area contributed by atoms with Crippen molar-refractivity contribution in [3.63, 3.8) is 0 Å². The topological polar surface area (TPSA) is 75.7 Å². The highest BCUT2D eigenvalue weighted by Crippen LogP contribution is 2.24. The summed E-state index contributed by atoms with van der Waals surface area (Å²) in [6.45, 7) is 3.21. The number of nitrogens with one attached hydrogen (secondary N) is 1. The van der Waals surface area contributed by atoms with E-state index in [9.17, 15) is 13.2 Å². The summed E-state index contributed by atoms with van der Waals surface area (Å²) in [5.74, 6) is 0.573. The van der Waals surface area contributed by atoms with Crippen LogP contribution in [-0.4, -0.2) is 33.7 Å². The minimum atomic E-state index is -3.48. The van der Waals surface area contributed by atoms with Gasteiger partial charge in [0.25, 0.3) is 5.91 Å². The minimum Gasteiger partial charge on any atom is -0.494 e. The van der Waals surface area contributed by atoms with E-state index >= 15 is 0 Å². The number of anilines is 1. The number of benzene rings is 2. The van der Waals surface area contributed by atoms with Gasteiger partial charge in [-0.2, -0.15) is 0 Å². The molecule has 0 bridgehead atoms. The fourth-order valence-electron chi connectivity index (χ4n) is 3.56. The second kappa shape index (κ2) is 10.5. The van der Waals surface area contributed by atoms with Crippen molar-refractivity contribution in [1.29, 1.82) is 0 Å². The van der Waals surface area contributed by atoms with Crippen molar-refractivity contribution in [1.82, 2.24) is 5.32 Å². The van der Waals surface area contributed by atoms with Crippen LogP contribution in [0.25, 0.3) is 0 Å². The molecule has 0 saturated heterocycles. The molecule has 1 N–H and O–H groups in total. The van der Waals surface area contributed by atoms with Gasteiger partial charge in [-0.3, -0.25) is 9.10 Å². The first-order chi connectivity index (χ1) is 14.9. The highest BCUT2D eigenvalue weighted by Gasteiger charge is 2.18. The van der Waals surface area contributed by atoms with E-state index in [1.54, 1.807) is 48.5 Å². The maximum atomic E-state index is 12.4. The van der Waals surface area contributed by atoms with Gasteiger partial charge in [0.2, 0.25) is 10.0 Å². The number of rotatable bonds is 9. The number of nitrogens with zero attached hydrogens (tertiary/aromatic N) is 1. The van der Waals surface area contributed by atoms with Gasteiger partial charge in [0.05, 0.1) is 25.1 Å². The van der Waals surface area contributed by atoms with Crippen LogP contribution in [0, 0.1) is 0 Å². The zero-order valence-corrected chi connectivity index (χ0v) is 19.0. The van der Waals surface area contributed by atoms with E-state index in [0.717, 1.165) is 18.4 Å². The van der Waals surface area contributed by atoms with E-state index in [2.05, 4.69) is 11.4 Å². The maximum absolute atomic E-state index is 12.4. The van der Waals surface area contributed by atoms with Gasteiger partial charge in [-0.15, -0.1) is 0 Å². The van der Waals surface area contributed by atoms with Gasteiger partial charge in [-0.25, -0.2) is 8.42 Å². The SMILES string of the molecule is CCOc1ccc(N(Cc2ccc(C(=O)NCC3=CCCCC3)cc2)S(C)(=O)=O)cc1. The molecule has 31 heavy (non-hydrogen) atoms. The molecule has 0 fully saturated rings. The smallest absolute Gasteiger partial charge is 0.251 e. The molecule has 6 nitrogen and oxygen atoms in total. The Balaban J connectivity index is 1.66. The van der Waals surface area contributed by atoms with Crippen LogP contribution in [-0.2, 0) is 16.6 Å². The van der Waals surface area contributed by atoms with E-state index in [1.165, 1.54) is 29.0 Å². The van der Waals surface area contributed by atoms with Crippen LogP contribution in [0.15, 0.2) is 60.2 Å². The molecule has 1 aliphatic rings. The van der Waals surface area contributed by atoms with Crippen molar-refractivity contribution in [2.75, 3.05) is 23.7 Å². The third kappa shape index (κ3) is 6.59. The Hall–Kier alpha value is -2.80. The van der Waals surface area contributed by atoms with Gasteiger partial charge >= 0.3 is 0 Å². The van der Waals surface area contributed by atoms with Crippen LogP contribution in [0.5, 0.6) is 5.75 Å². The molecule has 0 aliphatic heterocycles. The molecule has 0 heterocycles. The number of ether oxygens (including phenoxy) is 1. The molecule has 0 saturated carbocycles. The standard InChI is InChI=1S/C24H30N2O4S/c1-3-30-23-15-13-22(14-16-23)26(31(2,28)29)18-20-9-11-21(12-10-20)24(27)25-17-19-7-5-4-6-8-19/h7,9-16H,3-6,8,17-18H2,1-2H3,(H,25,27). The summed E-state index contributed by atoms with van der Waals surface area (Å²) in [7, 11) is -3.48. The monoisotopic (exact) mass is 442 g/mol. The lowest BCUT2D eigenvalue weighted by atomic mass is 9.99. The third-order valence-corrected chi connectivity index (χ3v) is 6.38. The van der Waals surface area contributed by atoms with Crippen LogP contribution in [0.4, 0.5) is 5.69 Å². The van der Waals surface area contributed by atoms with Crippen molar-refractivity contribution in [2.24, 2.45) is 0 Å². The largest absolute Gasteiger partial charge is 0.494 e. The van der Waals surface area contributed by atoms with Crippen molar-refractivity contribution in [3.8, 4) is 5.75 Å². The Morgan fingerprint density at radius 3 is 2.35 bits per heavy atom. The van der Waals surface area contributed by atoms with E-state index in [1.807, 2.05) is 6.92 Å². The van der Waals surface area contributed by atoms with Crippen molar-refractivity contribution >= 4 is 21.6 Å². The van der Waals surface area contributed by atoms with Crippen LogP contribution in [0.1, 0.15) is 48.5 Å². The highest BCUT2D eigenvalue weighted by atomic mass is 32.2. The molecule has 1 amide bonds. The normalized spacial score (nSPS) is 13.9. The average molecular weight is 443 g/mol. The molecule has 2 aromatic rings. The summed E-state index contributed by atoms with van der Waals surface area (Å²) in [4.78, 5) is 12.4. The highest BCUT2D eigenvalue weighted by molar-refractivity contribution is 7.92. The van der Waals surface area contributed by atoms with E-state index in [0.29, 0.717) is 30.2 Å². The van der Waals surface area contributed by atoms with Gasteiger partial charge < -0.3 is 10.1 Å². The lowest BCUT2D eigenvalue weighted by molar-refractivity contribution is 0.0956. The summed E-state index contributed by atoms with van der Waals surface area (Å²) in [6.07, 6.45) is 7.94. The fraction of sp³-hybridized carbons (Fsp3) is 0.375. The molecule has 7 heteroatoms. The van der Waals surface area contributed by atoms with Crippen LogP contribution < -0.4 is 14.4 Å². The summed E-state index contributed by atoms with van der Waals surface area (Å²) in [6, 6.07) is 14.0. The van der Waals surface area contributed by atoms with Crippen molar-refractivity contribution in [3.05, 3.63) is 71.3 Å². The zero-order valence-electron chi connectivity index (χ0n) is 18.1. The quantitative estimate of drug-likeness (QED) is 0.588. The number of hydrogen-bond donors (Lipinski definition) is 1. The lowest BCUT2D eigenvalue weighted by Gasteiger charge is -2.23. The second-order valence-corrected chi connectivity index (χ2v) is 9.59. The molecule has 3 rings (SSSR count). The first-order valence-electron chi connectivity index (χ1n) is 10.6. The summed E-state index contributed by atoms with van der Waals surface area (Å²) < 4.78 is 31.5. The third-order valence-electron chi connectivity index (χ3n) is 5.24. The van der Waals surface area contributed by atoms with E-state index < -0.39 is 10.0 Å². The van der Waals surface area contributed by atoms with E-state index in [-0.39, 0.29) is 12.5 Å². The van der Waals surface area contributed by atoms with Crippen molar-refractivity contribution < 1.29 is 17.9 Å². The van der Waals surface area contributed by atoms with E-state index in [4.69, 9.17) is 4.74 Å². The maximum Gasteiger partial charge on any atom is 0.251 e. The second-order valence-electron chi connectivity index (χ2n) is 7.68. The number of carbonyl (C=O) groups excluding carboxylic acids is 1. The first kappa shape index (κ1) is 22.9. The van der Waals surface area contributed by atoms with Gasteiger partial charge in [0.15, 0.2) is 0 Å². The summed E-state index contributed by atoms with van der Waals surface area (Å²) >= 11 is 0. The molecule has 0 spiro atoms. The summed E-state index contributed by atoms with van der Waals surface area (Å²) in [5.41, 5.74) is 3.21. The lowest BCUT2D eigenvalue weighted by Crippen LogP contribution is -2.29. The predicted octanol–water partition coefficient (Wildman–Crippen LogP) is 4.28. The Labute approximate surface area is 185 Å². The number of amides is 1. The Kier molecular flexibility index (Phi) is 7.74. The molecule has 2 aromatic carbocycles. The molecule has 0 aromatic heterocycles. The molecule has 0 atom stereocenters. The minimum absolute atomic E-state index is 0.121. The van der Waals surface area contributed by atoms with Gasteiger partial charge in [-0.05, 0) is 74.6 Å². The zero-order chi connectivity index (χ0) is 22.3. The Morgan fingerprint density at radius 2 is 1.77 bits per heavy atom. The summed E-state index contributed by atoms with van der Waals surface area (Å²) in [5, 5.41) is 2.97. The number of sulfonamides is 1. The number of hydrogen-bond acceptors (Lipinski definition) is 4.